The number of nitrogens with one attached hydrogen (secondary N) is 2. The molecular weight excluding hydrogens is 303 g/mol. The first-order valence-electron chi connectivity index (χ1n) is 7.61. The van der Waals surface area contributed by atoms with Gasteiger partial charge in [-0.25, -0.2) is 4.39 Å². The number of anilines is 3. The summed E-state index contributed by atoms with van der Waals surface area (Å²) >= 11 is 0. The smallest absolute Gasteiger partial charge is 0.255 e. The molecule has 120 valence electrons. The first kappa shape index (κ1) is 15.7. The lowest BCUT2D eigenvalue weighted by molar-refractivity contribution is 0.102. The predicted molar refractivity (Wildman–Crippen MR) is 95.3 cm³/mol. The number of rotatable bonds is 4. The number of para-hydroxylation sites is 1. The van der Waals surface area contributed by atoms with E-state index in [1.807, 2.05) is 55.5 Å². The number of carbonyl (C=O) groups excluding carboxylic acids is 1. The van der Waals surface area contributed by atoms with Crippen LogP contribution in [0.5, 0.6) is 0 Å². The van der Waals surface area contributed by atoms with Crippen molar-refractivity contribution in [1.29, 1.82) is 0 Å². The highest BCUT2D eigenvalue weighted by molar-refractivity contribution is 6.04. The van der Waals surface area contributed by atoms with Gasteiger partial charge in [0, 0.05) is 22.6 Å². The summed E-state index contributed by atoms with van der Waals surface area (Å²) in [6, 6.07) is 20.9. The van der Waals surface area contributed by atoms with Crippen molar-refractivity contribution in [2.24, 2.45) is 0 Å². The summed E-state index contributed by atoms with van der Waals surface area (Å²) in [5, 5.41) is 6.13. The summed E-state index contributed by atoms with van der Waals surface area (Å²) in [4.78, 5) is 12.1. The molecular formula is C20H17FN2O. The highest BCUT2D eigenvalue weighted by Crippen LogP contribution is 2.21. The van der Waals surface area contributed by atoms with Gasteiger partial charge in [0.05, 0.1) is 0 Å². The average Bonchev–Trinajstić information content (AvgIpc) is 2.59. The molecule has 0 atom stereocenters. The van der Waals surface area contributed by atoms with E-state index in [1.165, 1.54) is 24.3 Å². The molecule has 24 heavy (non-hydrogen) atoms. The van der Waals surface area contributed by atoms with Crippen molar-refractivity contribution in [3.63, 3.8) is 0 Å². The lowest BCUT2D eigenvalue weighted by atomic mass is 10.2. The van der Waals surface area contributed by atoms with Gasteiger partial charge in [0.1, 0.15) is 5.82 Å². The topological polar surface area (TPSA) is 41.1 Å². The normalized spacial score (nSPS) is 10.2. The van der Waals surface area contributed by atoms with E-state index in [4.69, 9.17) is 0 Å². The minimum Gasteiger partial charge on any atom is -0.355 e. The molecule has 0 saturated heterocycles. The fourth-order valence-electron chi connectivity index (χ4n) is 2.31. The number of hydrogen-bond acceptors (Lipinski definition) is 2. The van der Waals surface area contributed by atoms with Crippen molar-refractivity contribution in [1.82, 2.24) is 0 Å². The van der Waals surface area contributed by atoms with Crippen LogP contribution in [0.15, 0.2) is 72.8 Å². The maximum Gasteiger partial charge on any atom is 0.255 e. The van der Waals surface area contributed by atoms with Crippen molar-refractivity contribution in [3.8, 4) is 0 Å². The molecule has 3 nitrogen and oxygen atoms in total. The van der Waals surface area contributed by atoms with E-state index in [-0.39, 0.29) is 11.7 Å². The Morgan fingerprint density at radius 2 is 1.46 bits per heavy atom. The van der Waals surface area contributed by atoms with Crippen LogP contribution < -0.4 is 10.6 Å². The predicted octanol–water partition coefficient (Wildman–Crippen LogP) is 5.13. The van der Waals surface area contributed by atoms with E-state index in [1.54, 1.807) is 0 Å². The molecule has 0 aromatic heterocycles. The number of hydrogen-bond donors (Lipinski definition) is 2. The summed E-state index contributed by atoms with van der Waals surface area (Å²) < 4.78 is 12.9. The number of carbonyl (C=O) groups is 1. The zero-order valence-electron chi connectivity index (χ0n) is 13.2. The molecule has 0 bridgehead atoms. The Bertz CT molecular complexity index is 842. The summed E-state index contributed by atoms with van der Waals surface area (Å²) in [6.07, 6.45) is 0. The van der Waals surface area contributed by atoms with E-state index in [9.17, 15) is 9.18 Å². The van der Waals surface area contributed by atoms with Gasteiger partial charge in [-0.15, -0.1) is 0 Å². The van der Waals surface area contributed by atoms with Crippen LogP contribution in [0.3, 0.4) is 0 Å². The molecule has 0 aliphatic carbocycles. The molecule has 0 saturated carbocycles. The molecule has 1 amide bonds. The molecule has 0 aliphatic heterocycles. The Labute approximate surface area is 140 Å². The van der Waals surface area contributed by atoms with Gasteiger partial charge in [0.25, 0.3) is 5.91 Å². The number of halogens is 1. The fourth-order valence-corrected chi connectivity index (χ4v) is 2.31. The van der Waals surface area contributed by atoms with Gasteiger partial charge in [-0.2, -0.15) is 0 Å². The van der Waals surface area contributed by atoms with E-state index >= 15 is 0 Å². The third kappa shape index (κ3) is 3.79. The third-order valence-corrected chi connectivity index (χ3v) is 3.67. The van der Waals surface area contributed by atoms with Crippen molar-refractivity contribution < 1.29 is 9.18 Å². The molecule has 2 N–H and O–H groups in total. The summed E-state index contributed by atoms with van der Waals surface area (Å²) in [6.45, 7) is 2.04. The zero-order chi connectivity index (χ0) is 16.9. The third-order valence-electron chi connectivity index (χ3n) is 3.67. The summed E-state index contributed by atoms with van der Waals surface area (Å²) in [5.74, 6) is -0.632. The highest BCUT2D eigenvalue weighted by Gasteiger charge is 2.06. The Balaban J connectivity index is 1.67. The van der Waals surface area contributed by atoms with Gasteiger partial charge < -0.3 is 10.6 Å². The SMILES string of the molecule is Cc1ccccc1Nc1ccc(NC(=O)c2ccc(F)cc2)cc1. The van der Waals surface area contributed by atoms with Crippen LogP contribution >= 0.6 is 0 Å². The number of benzene rings is 3. The quantitative estimate of drug-likeness (QED) is 0.699. The van der Waals surface area contributed by atoms with Gasteiger partial charge in [-0.3, -0.25) is 4.79 Å². The van der Waals surface area contributed by atoms with Gasteiger partial charge in [-0.05, 0) is 67.1 Å². The van der Waals surface area contributed by atoms with E-state index < -0.39 is 0 Å². The minimum atomic E-state index is -0.363. The number of amides is 1. The molecule has 0 aliphatic rings. The molecule has 3 aromatic carbocycles. The van der Waals surface area contributed by atoms with Crippen LogP contribution in [0, 0.1) is 12.7 Å². The second-order valence-corrected chi connectivity index (χ2v) is 5.48. The van der Waals surface area contributed by atoms with Gasteiger partial charge >= 0.3 is 0 Å². The maximum atomic E-state index is 12.9. The van der Waals surface area contributed by atoms with E-state index in [0.717, 1.165) is 16.9 Å². The second-order valence-electron chi connectivity index (χ2n) is 5.48. The molecule has 0 unspecified atom stereocenters. The summed E-state index contributed by atoms with van der Waals surface area (Å²) in [5.41, 5.74) is 4.23. The summed E-state index contributed by atoms with van der Waals surface area (Å²) in [7, 11) is 0. The fraction of sp³-hybridized carbons (Fsp3) is 0.0500. The van der Waals surface area contributed by atoms with Gasteiger partial charge in [0.15, 0.2) is 0 Å². The van der Waals surface area contributed by atoms with Crippen LogP contribution in [0.25, 0.3) is 0 Å². The standard InChI is InChI=1S/C20H17FN2O/c1-14-4-2-3-5-19(14)22-17-10-12-18(13-11-17)23-20(24)15-6-8-16(21)9-7-15/h2-13,22H,1H3,(H,23,24). The molecule has 3 rings (SSSR count). The Morgan fingerprint density at radius 3 is 2.12 bits per heavy atom. The molecule has 0 heterocycles. The van der Waals surface area contributed by atoms with Crippen molar-refractivity contribution in [3.05, 3.63) is 89.7 Å². The van der Waals surface area contributed by atoms with Crippen LogP contribution in [-0.2, 0) is 0 Å². The maximum absolute atomic E-state index is 12.9. The highest BCUT2D eigenvalue weighted by atomic mass is 19.1. The first-order chi connectivity index (χ1) is 11.6. The second kappa shape index (κ2) is 6.96. The number of aryl methyl sites for hydroxylation is 1. The average molecular weight is 320 g/mol. The molecule has 3 aromatic rings. The van der Waals surface area contributed by atoms with Crippen molar-refractivity contribution >= 4 is 23.0 Å². The van der Waals surface area contributed by atoms with Crippen LogP contribution in [-0.4, -0.2) is 5.91 Å². The van der Waals surface area contributed by atoms with Crippen LogP contribution in [0.1, 0.15) is 15.9 Å². The van der Waals surface area contributed by atoms with Crippen molar-refractivity contribution in [2.75, 3.05) is 10.6 Å². The van der Waals surface area contributed by atoms with Gasteiger partial charge in [-0.1, -0.05) is 18.2 Å². The minimum absolute atomic E-state index is 0.269. The lowest BCUT2D eigenvalue weighted by Gasteiger charge is -2.10. The molecule has 4 heteroatoms. The molecule has 0 fully saturated rings. The molecule has 0 spiro atoms. The Hall–Kier alpha value is -3.14. The Kier molecular flexibility index (Phi) is 4.57. The zero-order valence-corrected chi connectivity index (χ0v) is 13.2. The largest absolute Gasteiger partial charge is 0.355 e. The van der Waals surface area contributed by atoms with E-state index in [2.05, 4.69) is 10.6 Å². The molecule has 0 radical (unpaired) electrons. The first-order valence-corrected chi connectivity index (χ1v) is 7.61. The lowest BCUT2D eigenvalue weighted by Crippen LogP contribution is -2.11. The van der Waals surface area contributed by atoms with Crippen LogP contribution in [0.4, 0.5) is 21.5 Å². The Morgan fingerprint density at radius 1 is 0.833 bits per heavy atom. The van der Waals surface area contributed by atoms with Crippen LogP contribution in [0.2, 0.25) is 0 Å². The van der Waals surface area contributed by atoms with Crippen molar-refractivity contribution in [2.45, 2.75) is 6.92 Å². The van der Waals surface area contributed by atoms with E-state index in [0.29, 0.717) is 11.3 Å². The monoisotopic (exact) mass is 320 g/mol. The van der Waals surface area contributed by atoms with Gasteiger partial charge in [0.2, 0.25) is 0 Å².